The van der Waals surface area contributed by atoms with Gasteiger partial charge in [0, 0.05) is 6.04 Å². The summed E-state index contributed by atoms with van der Waals surface area (Å²) in [5.74, 6) is -1.19. The zero-order valence-corrected chi connectivity index (χ0v) is 14.0. The Hall–Kier alpha value is -2.37. The van der Waals surface area contributed by atoms with Crippen molar-refractivity contribution in [1.82, 2.24) is 10.6 Å². The molecule has 0 aliphatic heterocycles. The molecule has 0 bridgehead atoms. The van der Waals surface area contributed by atoms with E-state index in [0.717, 1.165) is 12.0 Å². The molecule has 1 aromatic rings. The number of benzene rings is 1. The van der Waals surface area contributed by atoms with Crippen LogP contribution in [0.15, 0.2) is 30.3 Å². The molecule has 0 heterocycles. The first-order valence-electron chi connectivity index (χ1n) is 7.60. The second-order valence-corrected chi connectivity index (χ2v) is 5.90. The van der Waals surface area contributed by atoms with Crippen LogP contribution in [-0.4, -0.2) is 30.6 Å². The smallest absolute Gasteiger partial charge is 0.321 e. The number of hydrogen-bond acceptors (Lipinski definition) is 4. The Bertz CT molecular complexity index is 555. The van der Waals surface area contributed by atoms with Gasteiger partial charge in [-0.05, 0) is 32.8 Å². The number of urea groups is 1. The van der Waals surface area contributed by atoms with Gasteiger partial charge in [-0.25, -0.2) is 4.79 Å². The van der Waals surface area contributed by atoms with Gasteiger partial charge in [0.2, 0.25) is 0 Å². The van der Waals surface area contributed by atoms with Crippen LogP contribution >= 0.6 is 0 Å². The van der Waals surface area contributed by atoms with Crippen LogP contribution in [0.1, 0.15) is 39.7 Å². The number of ether oxygens (including phenoxy) is 1. The van der Waals surface area contributed by atoms with Crippen molar-refractivity contribution in [3.8, 4) is 0 Å². The second-order valence-electron chi connectivity index (χ2n) is 5.90. The number of rotatable bonds is 6. The predicted octanol–water partition coefficient (Wildman–Crippen LogP) is 2.13. The van der Waals surface area contributed by atoms with Crippen LogP contribution in [0, 0.1) is 0 Å². The molecular weight excluding hydrogens is 296 g/mol. The largest absolute Gasteiger partial charge is 0.455 e. The Morgan fingerprint density at radius 2 is 1.78 bits per heavy atom. The molecule has 0 aliphatic rings. The van der Waals surface area contributed by atoms with Gasteiger partial charge in [-0.15, -0.1) is 0 Å². The van der Waals surface area contributed by atoms with Crippen molar-refractivity contribution in [2.45, 2.75) is 45.6 Å². The number of imide groups is 1. The molecule has 0 aliphatic carbocycles. The van der Waals surface area contributed by atoms with E-state index in [-0.39, 0.29) is 6.04 Å². The van der Waals surface area contributed by atoms with Gasteiger partial charge in [0.05, 0.1) is 5.41 Å². The van der Waals surface area contributed by atoms with Gasteiger partial charge < -0.3 is 10.1 Å². The third kappa shape index (κ3) is 5.73. The summed E-state index contributed by atoms with van der Waals surface area (Å²) >= 11 is 0. The van der Waals surface area contributed by atoms with Crippen LogP contribution in [0.2, 0.25) is 0 Å². The third-order valence-electron chi connectivity index (χ3n) is 3.58. The molecule has 1 rings (SSSR count). The molecule has 1 aromatic carbocycles. The van der Waals surface area contributed by atoms with E-state index in [1.165, 1.54) is 0 Å². The van der Waals surface area contributed by atoms with E-state index < -0.39 is 29.9 Å². The predicted molar refractivity (Wildman–Crippen MR) is 86.9 cm³/mol. The number of carbonyl (C=O) groups is 3. The first-order valence-corrected chi connectivity index (χ1v) is 7.60. The molecule has 0 fully saturated rings. The maximum absolute atomic E-state index is 12.2. The van der Waals surface area contributed by atoms with Crippen LogP contribution in [0.4, 0.5) is 4.79 Å². The Labute approximate surface area is 136 Å². The topological polar surface area (TPSA) is 84.5 Å². The summed E-state index contributed by atoms with van der Waals surface area (Å²) in [6.45, 7) is 6.69. The fourth-order valence-electron chi connectivity index (χ4n) is 1.81. The van der Waals surface area contributed by atoms with Crippen LogP contribution in [0.3, 0.4) is 0 Å². The SMILES string of the molecule is CC[C@H](C)NC(=O)NC(=O)COC(=O)C(C)(C)c1ccccc1. The number of amides is 3. The maximum atomic E-state index is 12.2. The molecule has 0 unspecified atom stereocenters. The van der Waals surface area contributed by atoms with Crippen LogP contribution in [-0.2, 0) is 19.7 Å². The molecule has 0 saturated carbocycles. The molecule has 1 atom stereocenters. The molecule has 0 spiro atoms. The Balaban J connectivity index is 2.49. The van der Waals surface area contributed by atoms with Crippen molar-refractivity contribution >= 4 is 17.9 Å². The monoisotopic (exact) mass is 320 g/mol. The summed E-state index contributed by atoms with van der Waals surface area (Å²) in [6.07, 6.45) is 0.752. The zero-order valence-electron chi connectivity index (χ0n) is 14.0. The van der Waals surface area contributed by atoms with Gasteiger partial charge in [0.25, 0.3) is 5.91 Å². The fraction of sp³-hybridized carbons (Fsp3) is 0.471. The van der Waals surface area contributed by atoms with E-state index in [1.54, 1.807) is 13.8 Å². The molecule has 0 aromatic heterocycles. The highest BCUT2D eigenvalue weighted by Crippen LogP contribution is 2.24. The fourth-order valence-corrected chi connectivity index (χ4v) is 1.81. The summed E-state index contributed by atoms with van der Waals surface area (Å²) < 4.78 is 5.02. The van der Waals surface area contributed by atoms with Crippen LogP contribution in [0.25, 0.3) is 0 Å². The maximum Gasteiger partial charge on any atom is 0.321 e. The molecule has 23 heavy (non-hydrogen) atoms. The molecule has 0 radical (unpaired) electrons. The van der Waals surface area contributed by atoms with Gasteiger partial charge in [-0.2, -0.15) is 0 Å². The lowest BCUT2D eigenvalue weighted by Gasteiger charge is -2.22. The quantitative estimate of drug-likeness (QED) is 0.786. The molecule has 3 amide bonds. The lowest BCUT2D eigenvalue weighted by molar-refractivity contribution is -0.153. The van der Waals surface area contributed by atoms with Crippen molar-refractivity contribution in [1.29, 1.82) is 0 Å². The van der Waals surface area contributed by atoms with E-state index in [1.807, 2.05) is 44.2 Å². The zero-order chi connectivity index (χ0) is 17.5. The number of hydrogen-bond donors (Lipinski definition) is 2. The highest BCUT2D eigenvalue weighted by molar-refractivity contribution is 5.96. The van der Waals surface area contributed by atoms with Gasteiger partial charge in [-0.3, -0.25) is 14.9 Å². The number of carbonyl (C=O) groups excluding carboxylic acids is 3. The highest BCUT2D eigenvalue weighted by atomic mass is 16.5. The van der Waals surface area contributed by atoms with Crippen LogP contribution < -0.4 is 10.6 Å². The minimum absolute atomic E-state index is 0.0395. The molecular formula is C17H24N2O4. The van der Waals surface area contributed by atoms with Crippen molar-refractivity contribution in [2.24, 2.45) is 0 Å². The van der Waals surface area contributed by atoms with Gasteiger partial charge >= 0.3 is 12.0 Å². The summed E-state index contributed by atoms with van der Waals surface area (Å²) in [4.78, 5) is 35.3. The Morgan fingerprint density at radius 3 is 2.35 bits per heavy atom. The highest BCUT2D eigenvalue weighted by Gasteiger charge is 2.31. The van der Waals surface area contributed by atoms with Crippen molar-refractivity contribution < 1.29 is 19.1 Å². The van der Waals surface area contributed by atoms with E-state index >= 15 is 0 Å². The van der Waals surface area contributed by atoms with Crippen molar-refractivity contribution in [3.63, 3.8) is 0 Å². The average molecular weight is 320 g/mol. The van der Waals surface area contributed by atoms with Gasteiger partial charge in [-0.1, -0.05) is 37.3 Å². The Kier molecular flexibility index (Phi) is 6.75. The minimum atomic E-state index is -0.874. The second kappa shape index (κ2) is 8.31. The summed E-state index contributed by atoms with van der Waals surface area (Å²) in [7, 11) is 0. The van der Waals surface area contributed by atoms with Gasteiger partial charge in [0.1, 0.15) is 0 Å². The molecule has 6 heteroatoms. The van der Waals surface area contributed by atoms with Crippen molar-refractivity contribution in [2.75, 3.05) is 6.61 Å². The average Bonchev–Trinajstić information content (AvgIpc) is 2.52. The molecule has 126 valence electrons. The normalized spacial score (nSPS) is 12.2. The number of esters is 1. The van der Waals surface area contributed by atoms with Gasteiger partial charge in [0.15, 0.2) is 6.61 Å². The minimum Gasteiger partial charge on any atom is -0.455 e. The summed E-state index contributed by atoms with van der Waals surface area (Å²) in [6, 6.07) is 8.52. The summed E-state index contributed by atoms with van der Waals surface area (Å²) in [5, 5.41) is 4.72. The molecule has 6 nitrogen and oxygen atoms in total. The first kappa shape index (κ1) is 18.7. The Morgan fingerprint density at radius 1 is 1.17 bits per heavy atom. The number of nitrogens with one attached hydrogen (secondary N) is 2. The van der Waals surface area contributed by atoms with Crippen molar-refractivity contribution in [3.05, 3.63) is 35.9 Å². The summed E-state index contributed by atoms with van der Waals surface area (Å²) in [5.41, 5.74) is -0.0829. The first-order chi connectivity index (χ1) is 10.8. The van der Waals surface area contributed by atoms with Crippen LogP contribution in [0.5, 0.6) is 0 Å². The van der Waals surface area contributed by atoms with E-state index in [9.17, 15) is 14.4 Å². The molecule has 2 N–H and O–H groups in total. The molecule has 0 saturated heterocycles. The standard InChI is InChI=1S/C17H24N2O4/c1-5-12(2)18-16(22)19-14(20)11-23-15(21)17(3,4)13-9-7-6-8-10-13/h6-10,12H,5,11H2,1-4H3,(H2,18,19,20,22)/t12-/m0/s1. The van der Waals surface area contributed by atoms with E-state index in [2.05, 4.69) is 10.6 Å². The van der Waals surface area contributed by atoms with E-state index in [4.69, 9.17) is 4.74 Å². The third-order valence-corrected chi connectivity index (χ3v) is 3.58. The van der Waals surface area contributed by atoms with E-state index in [0.29, 0.717) is 0 Å². The lowest BCUT2D eigenvalue weighted by atomic mass is 9.85. The lowest BCUT2D eigenvalue weighted by Crippen LogP contribution is -2.45.